The molecule has 1 aromatic carbocycles. The van der Waals surface area contributed by atoms with Crippen LogP contribution in [0.3, 0.4) is 0 Å². The first-order chi connectivity index (χ1) is 9.86. The van der Waals surface area contributed by atoms with Crippen LogP contribution in [0.4, 0.5) is 0 Å². The Bertz CT molecular complexity index is 528. The van der Waals surface area contributed by atoms with Gasteiger partial charge in [0.1, 0.15) is 0 Å². The molecule has 0 aliphatic rings. The number of hydrogen-bond donors (Lipinski definition) is 0. The Morgan fingerprint density at radius 3 is 2.45 bits per heavy atom. The first-order valence-electron chi connectivity index (χ1n) is 6.54. The fourth-order valence-corrected chi connectivity index (χ4v) is 1.95. The molecule has 0 radical (unpaired) electrons. The number of rotatable bonds is 7. The van der Waals surface area contributed by atoms with E-state index in [4.69, 9.17) is 0 Å². The average molecular weight is 280 g/mol. The molecule has 20 heavy (non-hydrogen) atoms. The van der Waals surface area contributed by atoms with Crippen molar-refractivity contribution >= 4 is 17.8 Å². The molecule has 1 aromatic rings. The van der Waals surface area contributed by atoms with E-state index in [-0.39, 0.29) is 0 Å². The van der Waals surface area contributed by atoms with Gasteiger partial charge in [-0.2, -0.15) is 0 Å². The maximum absolute atomic E-state index is 3.79. The van der Waals surface area contributed by atoms with E-state index in [1.54, 1.807) is 11.8 Å². The van der Waals surface area contributed by atoms with Crippen LogP contribution in [-0.2, 0) is 0 Å². The van der Waals surface area contributed by atoms with E-state index in [1.807, 2.05) is 79.1 Å². The summed E-state index contributed by atoms with van der Waals surface area (Å²) in [5, 5.41) is 2.05. The molecule has 0 saturated carbocycles. The molecule has 0 spiro atoms. The lowest BCUT2D eigenvalue weighted by atomic mass is 10.2. The van der Waals surface area contributed by atoms with Gasteiger partial charge in [-0.1, -0.05) is 97.3 Å². The van der Waals surface area contributed by atoms with Crippen molar-refractivity contribution in [2.24, 2.45) is 0 Å². The summed E-state index contributed by atoms with van der Waals surface area (Å²) in [4.78, 5) is 1.13. The lowest BCUT2D eigenvalue weighted by Crippen LogP contribution is -1.66. The van der Waals surface area contributed by atoms with Gasteiger partial charge in [-0.3, -0.25) is 0 Å². The molecule has 0 aromatic heterocycles. The van der Waals surface area contributed by atoms with Gasteiger partial charge in [0.2, 0.25) is 0 Å². The van der Waals surface area contributed by atoms with Gasteiger partial charge >= 0.3 is 0 Å². The third-order valence-corrected chi connectivity index (χ3v) is 3.23. The second kappa shape index (κ2) is 10.9. The molecular formula is C19H20S. The number of benzene rings is 1. The van der Waals surface area contributed by atoms with Crippen molar-refractivity contribution in [2.75, 3.05) is 0 Å². The van der Waals surface area contributed by atoms with Crippen molar-refractivity contribution in [2.45, 2.75) is 6.92 Å². The Morgan fingerprint density at radius 1 is 1.00 bits per heavy atom. The second-order valence-corrected chi connectivity index (χ2v) is 4.88. The van der Waals surface area contributed by atoms with Crippen molar-refractivity contribution in [1.29, 1.82) is 0 Å². The van der Waals surface area contributed by atoms with Gasteiger partial charge < -0.3 is 0 Å². The van der Waals surface area contributed by atoms with Crippen LogP contribution in [0.25, 0.3) is 6.08 Å². The summed E-state index contributed by atoms with van der Waals surface area (Å²) in [5.41, 5.74) is 1.21. The smallest absolute Gasteiger partial charge is 0.0110 e. The van der Waals surface area contributed by atoms with Crippen molar-refractivity contribution in [3.8, 4) is 0 Å². The van der Waals surface area contributed by atoms with Crippen molar-refractivity contribution in [3.63, 3.8) is 0 Å². The lowest BCUT2D eigenvalue weighted by molar-refractivity contribution is 1.66. The molecular weight excluding hydrogens is 260 g/mol. The molecule has 0 unspecified atom stereocenters. The standard InChI is InChI=1S/C19H20S/c1-3-5-16-19(4-2)20-17-12-7-6-9-13-18-14-10-8-11-15-18/h3-17H,2H2,1H3/b5-3-,7-6-,13-9-,17-12+,19-16+. The summed E-state index contributed by atoms with van der Waals surface area (Å²) in [7, 11) is 0. The van der Waals surface area contributed by atoms with Gasteiger partial charge in [0.05, 0.1) is 0 Å². The fraction of sp³-hybridized carbons (Fsp3) is 0.0526. The molecule has 0 fully saturated rings. The molecule has 0 aliphatic carbocycles. The van der Waals surface area contributed by atoms with E-state index in [9.17, 15) is 0 Å². The minimum Gasteiger partial charge on any atom is -0.0981 e. The minimum absolute atomic E-state index is 1.13. The van der Waals surface area contributed by atoms with Crippen LogP contribution < -0.4 is 0 Å². The topological polar surface area (TPSA) is 0 Å². The van der Waals surface area contributed by atoms with E-state index in [1.165, 1.54) is 5.56 Å². The second-order valence-electron chi connectivity index (χ2n) is 3.90. The highest BCUT2D eigenvalue weighted by Crippen LogP contribution is 2.17. The monoisotopic (exact) mass is 280 g/mol. The third-order valence-electron chi connectivity index (χ3n) is 2.36. The maximum atomic E-state index is 3.79. The SMILES string of the molecule is C=C/C(=C\C=C/C)S/C=C/C=C\C=C/c1ccccc1. The highest BCUT2D eigenvalue weighted by molar-refractivity contribution is 8.06. The van der Waals surface area contributed by atoms with Crippen LogP contribution in [0.15, 0.2) is 95.8 Å². The summed E-state index contributed by atoms with van der Waals surface area (Å²) in [6.07, 6.45) is 18.1. The number of thioether (sulfide) groups is 1. The molecule has 1 heteroatoms. The Balaban J connectivity index is 2.39. The molecule has 0 saturated heterocycles. The first kappa shape index (κ1) is 16.1. The Morgan fingerprint density at radius 2 is 1.75 bits per heavy atom. The highest BCUT2D eigenvalue weighted by atomic mass is 32.2. The quantitative estimate of drug-likeness (QED) is 0.540. The van der Waals surface area contributed by atoms with E-state index in [0.717, 1.165) is 4.91 Å². The largest absolute Gasteiger partial charge is 0.0981 e. The molecule has 1 rings (SSSR count). The summed E-state index contributed by atoms with van der Waals surface area (Å²) in [6, 6.07) is 10.3. The van der Waals surface area contributed by atoms with E-state index in [2.05, 4.69) is 24.8 Å². The van der Waals surface area contributed by atoms with Crippen LogP contribution in [-0.4, -0.2) is 0 Å². The van der Waals surface area contributed by atoms with Crippen LogP contribution in [0.1, 0.15) is 12.5 Å². The van der Waals surface area contributed by atoms with Gasteiger partial charge in [-0.15, -0.1) is 0 Å². The minimum atomic E-state index is 1.13. The summed E-state index contributed by atoms with van der Waals surface area (Å²) in [6.45, 7) is 5.79. The normalized spacial score (nSPS) is 13.2. The van der Waals surface area contributed by atoms with E-state index < -0.39 is 0 Å². The van der Waals surface area contributed by atoms with Crippen molar-refractivity contribution < 1.29 is 0 Å². The highest BCUT2D eigenvalue weighted by Gasteiger charge is 1.84. The number of allylic oxidation sites excluding steroid dienone is 8. The zero-order chi connectivity index (χ0) is 14.5. The van der Waals surface area contributed by atoms with E-state index in [0.29, 0.717) is 0 Å². The lowest BCUT2D eigenvalue weighted by Gasteiger charge is -1.92. The predicted molar refractivity (Wildman–Crippen MR) is 94.4 cm³/mol. The summed E-state index contributed by atoms with van der Waals surface area (Å²) < 4.78 is 0. The van der Waals surface area contributed by atoms with Gasteiger partial charge in [-0.25, -0.2) is 0 Å². The third kappa shape index (κ3) is 7.45. The summed E-state index contributed by atoms with van der Waals surface area (Å²) >= 11 is 1.65. The Kier molecular flexibility index (Phi) is 8.75. The molecule has 102 valence electrons. The van der Waals surface area contributed by atoms with Gasteiger partial charge in [0.25, 0.3) is 0 Å². The number of hydrogen-bond acceptors (Lipinski definition) is 1. The fourth-order valence-electron chi connectivity index (χ4n) is 1.37. The Hall–Kier alpha value is -1.99. The first-order valence-corrected chi connectivity index (χ1v) is 7.42. The van der Waals surface area contributed by atoms with Crippen LogP contribution in [0, 0.1) is 0 Å². The molecule has 0 amide bonds. The van der Waals surface area contributed by atoms with E-state index >= 15 is 0 Å². The molecule has 0 N–H and O–H groups in total. The van der Waals surface area contributed by atoms with Crippen LogP contribution in [0.2, 0.25) is 0 Å². The molecule has 0 aliphatic heterocycles. The average Bonchev–Trinajstić information content (AvgIpc) is 2.50. The zero-order valence-corrected chi connectivity index (χ0v) is 12.6. The molecule has 0 atom stereocenters. The van der Waals surface area contributed by atoms with Crippen molar-refractivity contribution in [1.82, 2.24) is 0 Å². The maximum Gasteiger partial charge on any atom is 0.0110 e. The van der Waals surface area contributed by atoms with Crippen molar-refractivity contribution in [3.05, 3.63) is 101 Å². The zero-order valence-electron chi connectivity index (χ0n) is 11.8. The predicted octanol–water partition coefficient (Wildman–Crippen LogP) is 6.15. The van der Waals surface area contributed by atoms with Gasteiger partial charge in [0.15, 0.2) is 0 Å². The van der Waals surface area contributed by atoms with Gasteiger partial charge in [0, 0.05) is 4.91 Å². The Labute approximate surface area is 126 Å². The molecule has 0 nitrogen and oxygen atoms in total. The van der Waals surface area contributed by atoms with Crippen LogP contribution >= 0.6 is 11.8 Å². The molecule has 0 heterocycles. The van der Waals surface area contributed by atoms with Gasteiger partial charge in [-0.05, 0) is 24.0 Å². The molecule has 0 bridgehead atoms. The summed E-state index contributed by atoms with van der Waals surface area (Å²) in [5.74, 6) is 0. The van der Waals surface area contributed by atoms with Crippen LogP contribution in [0.5, 0.6) is 0 Å².